The molecular formula is C19H17NO5. The summed E-state index contributed by atoms with van der Waals surface area (Å²) in [6.07, 6.45) is 1.27. The number of methoxy groups -OCH3 is 1. The monoisotopic (exact) mass is 339 g/mol. The highest BCUT2D eigenvalue weighted by molar-refractivity contribution is 5.96. The molecule has 0 fully saturated rings. The Balaban J connectivity index is 2.04. The number of hydrogen-bond donors (Lipinski definition) is 1. The predicted molar refractivity (Wildman–Crippen MR) is 91.7 cm³/mol. The maximum atomic E-state index is 10.9. The molecule has 0 heterocycles. The van der Waals surface area contributed by atoms with Crippen molar-refractivity contribution in [3.63, 3.8) is 0 Å². The van der Waals surface area contributed by atoms with Crippen LogP contribution in [0, 0.1) is 11.3 Å². The Bertz CT molecular complexity index is 793. The molecule has 2 aromatic rings. The van der Waals surface area contributed by atoms with Crippen LogP contribution < -0.4 is 14.2 Å². The van der Waals surface area contributed by atoms with Crippen molar-refractivity contribution >= 4 is 12.0 Å². The van der Waals surface area contributed by atoms with Gasteiger partial charge in [0.2, 0.25) is 0 Å². The van der Waals surface area contributed by atoms with Gasteiger partial charge in [0.15, 0.2) is 11.5 Å². The molecule has 0 bridgehead atoms. The molecule has 0 aliphatic heterocycles. The summed E-state index contributed by atoms with van der Waals surface area (Å²) in [5.41, 5.74) is 0.169. The van der Waals surface area contributed by atoms with Crippen molar-refractivity contribution < 1.29 is 24.1 Å². The Labute approximate surface area is 145 Å². The lowest BCUT2D eigenvalue weighted by Gasteiger charge is -2.12. The van der Waals surface area contributed by atoms with Gasteiger partial charge in [0.25, 0.3) is 0 Å². The van der Waals surface area contributed by atoms with Gasteiger partial charge in [-0.1, -0.05) is 24.3 Å². The smallest absolute Gasteiger partial charge is 0.346 e. The average molecular weight is 339 g/mol. The zero-order chi connectivity index (χ0) is 18.1. The summed E-state index contributed by atoms with van der Waals surface area (Å²) in [6.45, 7) is 0.619. The lowest BCUT2D eigenvalue weighted by molar-refractivity contribution is -0.132. The molecule has 0 aromatic heterocycles. The van der Waals surface area contributed by atoms with Gasteiger partial charge >= 0.3 is 5.97 Å². The molecule has 0 amide bonds. The molecule has 2 rings (SSSR count). The third-order valence-electron chi connectivity index (χ3n) is 3.20. The summed E-state index contributed by atoms with van der Waals surface area (Å²) in [6, 6.07) is 15.9. The van der Waals surface area contributed by atoms with Gasteiger partial charge in [-0.2, -0.15) is 5.26 Å². The molecule has 6 nitrogen and oxygen atoms in total. The second kappa shape index (κ2) is 8.99. The number of nitrogens with zero attached hydrogens (tertiary/aromatic N) is 1. The first kappa shape index (κ1) is 17.9. The summed E-state index contributed by atoms with van der Waals surface area (Å²) < 4.78 is 16.4. The number of carboxylic acid groups (broad SMARTS) is 1. The Morgan fingerprint density at radius 3 is 2.48 bits per heavy atom. The highest BCUT2D eigenvalue weighted by Gasteiger charge is 2.09. The fourth-order valence-corrected chi connectivity index (χ4v) is 2.03. The van der Waals surface area contributed by atoms with Crippen molar-refractivity contribution in [2.45, 2.75) is 0 Å². The first-order valence-corrected chi connectivity index (χ1v) is 7.48. The van der Waals surface area contributed by atoms with Gasteiger partial charge in [0.05, 0.1) is 7.11 Å². The van der Waals surface area contributed by atoms with Crippen LogP contribution >= 0.6 is 0 Å². The Morgan fingerprint density at radius 2 is 1.84 bits per heavy atom. The van der Waals surface area contributed by atoms with Crippen LogP contribution in [-0.2, 0) is 4.79 Å². The van der Waals surface area contributed by atoms with Crippen LogP contribution in [0.1, 0.15) is 5.56 Å². The van der Waals surface area contributed by atoms with E-state index in [0.29, 0.717) is 23.7 Å². The first-order chi connectivity index (χ1) is 12.1. The van der Waals surface area contributed by atoms with E-state index in [2.05, 4.69) is 0 Å². The summed E-state index contributed by atoms with van der Waals surface area (Å²) in [4.78, 5) is 10.9. The highest BCUT2D eigenvalue weighted by atomic mass is 16.5. The molecule has 1 N–H and O–H groups in total. The van der Waals surface area contributed by atoms with E-state index in [1.54, 1.807) is 24.3 Å². The number of carbonyl (C=O) groups is 1. The fourth-order valence-electron chi connectivity index (χ4n) is 2.03. The number of para-hydroxylation sites is 1. The zero-order valence-corrected chi connectivity index (χ0v) is 13.6. The molecule has 0 saturated heterocycles. The molecule has 0 aliphatic carbocycles. The lowest BCUT2D eigenvalue weighted by atomic mass is 10.1. The van der Waals surface area contributed by atoms with E-state index in [4.69, 9.17) is 24.6 Å². The van der Waals surface area contributed by atoms with Crippen LogP contribution in [0.15, 0.2) is 54.1 Å². The van der Waals surface area contributed by atoms with Gasteiger partial charge in [-0.15, -0.1) is 0 Å². The highest BCUT2D eigenvalue weighted by Crippen LogP contribution is 2.29. The molecule has 6 heteroatoms. The Hall–Kier alpha value is -3.46. The van der Waals surface area contributed by atoms with Crippen molar-refractivity contribution in [3.8, 4) is 23.3 Å². The van der Waals surface area contributed by atoms with Gasteiger partial charge < -0.3 is 19.3 Å². The Morgan fingerprint density at radius 1 is 1.12 bits per heavy atom. The molecule has 25 heavy (non-hydrogen) atoms. The van der Waals surface area contributed by atoms with E-state index < -0.39 is 5.97 Å². The third-order valence-corrected chi connectivity index (χ3v) is 3.20. The van der Waals surface area contributed by atoms with E-state index in [0.717, 1.165) is 5.75 Å². The van der Waals surface area contributed by atoms with Crippen molar-refractivity contribution in [1.29, 1.82) is 5.26 Å². The predicted octanol–water partition coefficient (Wildman–Crippen LogP) is 3.14. The van der Waals surface area contributed by atoms with Crippen LogP contribution in [0.25, 0.3) is 6.08 Å². The first-order valence-electron chi connectivity index (χ1n) is 7.48. The molecule has 0 atom stereocenters. The van der Waals surface area contributed by atoms with Crippen LogP contribution in [0.5, 0.6) is 17.2 Å². The van der Waals surface area contributed by atoms with E-state index in [9.17, 15) is 4.79 Å². The summed E-state index contributed by atoms with van der Waals surface area (Å²) in [5, 5.41) is 17.8. The van der Waals surface area contributed by atoms with E-state index in [-0.39, 0.29) is 12.2 Å². The van der Waals surface area contributed by atoms with Crippen LogP contribution in [-0.4, -0.2) is 31.4 Å². The van der Waals surface area contributed by atoms with Gasteiger partial charge in [-0.25, -0.2) is 4.79 Å². The van der Waals surface area contributed by atoms with Crippen LogP contribution in [0.3, 0.4) is 0 Å². The quantitative estimate of drug-likeness (QED) is 0.451. The molecule has 128 valence electrons. The zero-order valence-electron chi connectivity index (χ0n) is 13.6. The maximum absolute atomic E-state index is 10.9. The van der Waals surface area contributed by atoms with Gasteiger partial charge in [0.1, 0.15) is 30.6 Å². The minimum Gasteiger partial charge on any atom is -0.493 e. The molecule has 0 spiro atoms. The average Bonchev–Trinajstić information content (AvgIpc) is 2.64. The van der Waals surface area contributed by atoms with Crippen molar-refractivity contribution in [3.05, 3.63) is 59.7 Å². The fraction of sp³-hybridized carbons (Fsp3) is 0.158. The van der Waals surface area contributed by atoms with Crippen molar-refractivity contribution in [1.82, 2.24) is 0 Å². The maximum Gasteiger partial charge on any atom is 0.346 e. The van der Waals surface area contributed by atoms with Gasteiger partial charge in [-0.3, -0.25) is 0 Å². The SMILES string of the molecule is COc1ccc(C=C(C#N)C(=O)O)cc1OCCOc1ccccc1. The third kappa shape index (κ3) is 5.29. The minimum absolute atomic E-state index is 0.280. The number of nitriles is 1. The molecule has 0 saturated carbocycles. The molecule has 0 aliphatic rings. The van der Waals surface area contributed by atoms with Crippen LogP contribution in [0.4, 0.5) is 0 Å². The summed E-state index contributed by atoms with van der Waals surface area (Å²) >= 11 is 0. The van der Waals surface area contributed by atoms with Crippen molar-refractivity contribution in [2.24, 2.45) is 0 Å². The van der Waals surface area contributed by atoms with E-state index >= 15 is 0 Å². The second-order valence-corrected chi connectivity index (χ2v) is 4.90. The number of carboxylic acids is 1. The van der Waals surface area contributed by atoms with E-state index in [1.165, 1.54) is 13.2 Å². The minimum atomic E-state index is -1.28. The second-order valence-electron chi connectivity index (χ2n) is 4.90. The Kier molecular flexibility index (Phi) is 6.43. The number of ether oxygens (including phenoxy) is 3. The molecule has 0 unspecified atom stereocenters. The number of rotatable bonds is 8. The van der Waals surface area contributed by atoms with Crippen LogP contribution in [0.2, 0.25) is 0 Å². The summed E-state index contributed by atoms with van der Waals surface area (Å²) in [5.74, 6) is 0.410. The van der Waals surface area contributed by atoms with Crippen molar-refractivity contribution in [2.75, 3.05) is 20.3 Å². The van der Waals surface area contributed by atoms with E-state index in [1.807, 2.05) is 30.3 Å². The standard InChI is InChI=1S/C19H17NO5/c1-23-17-8-7-14(11-15(13-20)19(21)22)12-18(17)25-10-9-24-16-5-3-2-4-6-16/h2-8,11-12H,9-10H2,1H3,(H,21,22). The molecule has 2 aromatic carbocycles. The molecule has 0 radical (unpaired) electrons. The number of hydrogen-bond acceptors (Lipinski definition) is 5. The summed E-state index contributed by atoms with van der Waals surface area (Å²) in [7, 11) is 1.51. The van der Waals surface area contributed by atoms with Gasteiger partial charge in [0, 0.05) is 0 Å². The van der Waals surface area contributed by atoms with Gasteiger partial charge in [-0.05, 0) is 35.9 Å². The number of benzene rings is 2. The largest absolute Gasteiger partial charge is 0.493 e. The number of aliphatic carboxylic acids is 1. The molecular weight excluding hydrogens is 322 g/mol. The topological polar surface area (TPSA) is 88.8 Å². The lowest BCUT2D eigenvalue weighted by Crippen LogP contribution is -2.09. The normalized spacial score (nSPS) is 10.6.